The summed E-state index contributed by atoms with van der Waals surface area (Å²) in [5.74, 6) is 0.979. The van der Waals surface area contributed by atoms with Gasteiger partial charge in [0.15, 0.2) is 0 Å². The van der Waals surface area contributed by atoms with Crippen LogP contribution in [0, 0.1) is 28.6 Å². The third-order valence-electron chi connectivity index (χ3n) is 5.58. The van der Waals surface area contributed by atoms with Crippen LogP contribution in [0.3, 0.4) is 0 Å². The highest BCUT2D eigenvalue weighted by molar-refractivity contribution is 5.92. The molecule has 8 heteroatoms. The second-order valence-corrected chi connectivity index (χ2v) is 7.27. The summed E-state index contributed by atoms with van der Waals surface area (Å²) in [6.07, 6.45) is 8.46. The molecule has 138 valence electrons. The Morgan fingerprint density at radius 1 is 1.22 bits per heavy atom. The predicted molar refractivity (Wildman–Crippen MR) is 99.6 cm³/mol. The van der Waals surface area contributed by atoms with Gasteiger partial charge >= 0.3 is 0 Å². The number of rotatable bonds is 6. The summed E-state index contributed by atoms with van der Waals surface area (Å²) in [5.41, 5.74) is 2.99. The number of nitrogens with one attached hydrogen (secondary N) is 1. The topological polar surface area (TPSA) is 110 Å². The van der Waals surface area contributed by atoms with Crippen molar-refractivity contribution in [2.75, 3.05) is 19.6 Å². The molecule has 1 N–H and O–H groups in total. The van der Waals surface area contributed by atoms with Crippen molar-refractivity contribution in [1.82, 2.24) is 29.7 Å². The van der Waals surface area contributed by atoms with Crippen LogP contribution in [-0.4, -0.2) is 49.3 Å². The zero-order valence-corrected chi connectivity index (χ0v) is 15.2. The molecule has 0 atom stereocenters. The quantitative estimate of drug-likeness (QED) is 0.675. The number of aromatic nitrogens is 5. The number of fused-ring (bicyclic) bond motifs is 3. The average molecular weight is 362 g/mol. The van der Waals surface area contributed by atoms with E-state index in [9.17, 15) is 0 Å². The van der Waals surface area contributed by atoms with Crippen molar-refractivity contribution in [1.29, 1.82) is 10.5 Å². The van der Waals surface area contributed by atoms with Crippen molar-refractivity contribution in [3.8, 4) is 12.1 Å². The molecule has 0 amide bonds. The van der Waals surface area contributed by atoms with Crippen molar-refractivity contribution in [2.45, 2.75) is 38.0 Å². The third-order valence-corrected chi connectivity index (χ3v) is 5.58. The van der Waals surface area contributed by atoms with Gasteiger partial charge in [-0.05, 0) is 37.7 Å². The molecule has 0 radical (unpaired) electrons. The first-order valence-electron chi connectivity index (χ1n) is 9.43. The zero-order chi connectivity index (χ0) is 18.6. The van der Waals surface area contributed by atoms with Crippen molar-refractivity contribution in [3.63, 3.8) is 0 Å². The van der Waals surface area contributed by atoms with E-state index in [2.05, 4.69) is 37.3 Å². The lowest BCUT2D eigenvalue weighted by Crippen LogP contribution is -2.32. The molecule has 0 bridgehead atoms. The lowest BCUT2D eigenvalue weighted by Gasteiger charge is -2.31. The van der Waals surface area contributed by atoms with Crippen LogP contribution in [0.5, 0.6) is 0 Å². The molecule has 3 aromatic rings. The van der Waals surface area contributed by atoms with Gasteiger partial charge in [-0.25, -0.2) is 9.50 Å². The number of nitriles is 2. The molecule has 3 aromatic heterocycles. The van der Waals surface area contributed by atoms with Crippen LogP contribution in [0.1, 0.15) is 43.7 Å². The van der Waals surface area contributed by atoms with Gasteiger partial charge in [0.25, 0.3) is 0 Å². The molecule has 8 nitrogen and oxygen atoms in total. The molecule has 1 fully saturated rings. The number of hydrogen-bond donors (Lipinski definition) is 1. The maximum Gasteiger partial charge on any atom is 0.141 e. The Bertz CT molecular complexity index is 996. The molecule has 0 unspecified atom stereocenters. The average Bonchev–Trinajstić information content (AvgIpc) is 3.33. The molecule has 0 saturated heterocycles. The van der Waals surface area contributed by atoms with Gasteiger partial charge in [-0.15, -0.1) is 5.10 Å². The molecule has 1 aliphatic rings. The highest BCUT2D eigenvalue weighted by Crippen LogP contribution is 2.37. The molecule has 27 heavy (non-hydrogen) atoms. The van der Waals surface area contributed by atoms with Gasteiger partial charge in [0.1, 0.15) is 17.5 Å². The van der Waals surface area contributed by atoms with E-state index in [4.69, 9.17) is 10.5 Å². The van der Waals surface area contributed by atoms with Crippen LogP contribution in [0.2, 0.25) is 0 Å². The fourth-order valence-corrected chi connectivity index (χ4v) is 4.22. The van der Waals surface area contributed by atoms with Crippen molar-refractivity contribution in [3.05, 3.63) is 24.3 Å². The van der Waals surface area contributed by atoms with Gasteiger partial charge in [0, 0.05) is 37.0 Å². The van der Waals surface area contributed by atoms with Gasteiger partial charge in [0.2, 0.25) is 0 Å². The van der Waals surface area contributed by atoms with E-state index in [0.29, 0.717) is 31.3 Å². The highest BCUT2D eigenvalue weighted by Gasteiger charge is 2.27. The summed E-state index contributed by atoms with van der Waals surface area (Å²) < 4.78 is 1.77. The van der Waals surface area contributed by atoms with Gasteiger partial charge in [0.05, 0.1) is 24.4 Å². The van der Waals surface area contributed by atoms with Gasteiger partial charge in [-0.2, -0.15) is 10.5 Å². The molecule has 0 spiro atoms. The standard InChI is InChI=1S/C19H22N8/c20-7-1-10-26(11-8-21)12-14-2-4-15(5-3-14)17-18-16-6-9-22-19(16)23-13-27(18)25-24-17/h6,9,13-15,22H,1-5,10-12H2. The zero-order valence-electron chi connectivity index (χ0n) is 15.2. The number of aromatic amines is 1. The van der Waals surface area contributed by atoms with E-state index in [0.717, 1.165) is 54.5 Å². The Labute approximate surface area is 157 Å². The van der Waals surface area contributed by atoms with E-state index in [1.165, 1.54) is 0 Å². The molecule has 0 aromatic carbocycles. The lowest BCUT2D eigenvalue weighted by molar-refractivity contribution is 0.212. The van der Waals surface area contributed by atoms with Crippen LogP contribution >= 0.6 is 0 Å². The Morgan fingerprint density at radius 2 is 2.07 bits per heavy atom. The summed E-state index contributed by atoms with van der Waals surface area (Å²) in [4.78, 5) is 9.63. The molecule has 0 aliphatic heterocycles. The summed E-state index contributed by atoms with van der Waals surface area (Å²) in [5, 5.41) is 27.6. The van der Waals surface area contributed by atoms with Crippen LogP contribution in [0.4, 0.5) is 0 Å². The molecule has 3 heterocycles. The fourth-order valence-electron chi connectivity index (χ4n) is 4.22. The molecule has 1 saturated carbocycles. The first kappa shape index (κ1) is 17.4. The largest absolute Gasteiger partial charge is 0.346 e. The van der Waals surface area contributed by atoms with E-state index >= 15 is 0 Å². The summed E-state index contributed by atoms with van der Waals surface area (Å²) in [6, 6.07) is 6.42. The van der Waals surface area contributed by atoms with Crippen LogP contribution in [0.25, 0.3) is 16.6 Å². The Balaban J connectivity index is 1.45. The van der Waals surface area contributed by atoms with E-state index in [-0.39, 0.29) is 0 Å². The van der Waals surface area contributed by atoms with Crippen LogP contribution in [0.15, 0.2) is 18.6 Å². The maximum atomic E-state index is 9.00. The second-order valence-electron chi connectivity index (χ2n) is 7.27. The Hall–Kier alpha value is -2.97. The molecular formula is C19H22N8. The van der Waals surface area contributed by atoms with Crippen LogP contribution in [-0.2, 0) is 0 Å². The van der Waals surface area contributed by atoms with Crippen LogP contribution < -0.4 is 0 Å². The van der Waals surface area contributed by atoms with Crippen molar-refractivity contribution in [2.24, 2.45) is 5.92 Å². The summed E-state index contributed by atoms with van der Waals surface area (Å²) >= 11 is 0. The molecule has 4 rings (SSSR count). The van der Waals surface area contributed by atoms with Gasteiger partial charge < -0.3 is 4.98 Å². The SMILES string of the molecule is N#CCCN(CC#N)CC1CCC(c2nnn3cnc4[nH]ccc4c23)CC1. The smallest absolute Gasteiger partial charge is 0.141 e. The fraction of sp³-hybridized carbons (Fsp3) is 0.526. The highest BCUT2D eigenvalue weighted by atomic mass is 15.4. The maximum absolute atomic E-state index is 9.00. The second kappa shape index (κ2) is 7.73. The van der Waals surface area contributed by atoms with E-state index in [1.807, 2.05) is 12.3 Å². The first-order valence-corrected chi connectivity index (χ1v) is 9.43. The number of H-pyrrole nitrogens is 1. The minimum absolute atomic E-state index is 0.398. The summed E-state index contributed by atoms with van der Waals surface area (Å²) in [7, 11) is 0. The number of hydrogen-bond acceptors (Lipinski definition) is 6. The predicted octanol–water partition coefficient (Wildman–Crippen LogP) is 2.62. The Morgan fingerprint density at radius 3 is 2.85 bits per heavy atom. The summed E-state index contributed by atoms with van der Waals surface area (Å²) in [6.45, 7) is 1.98. The van der Waals surface area contributed by atoms with Gasteiger partial charge in [-0.1, -0.05) is 5.21 Å². The Kier molecular flexibility index (Phi) is 4.99. The van der Waals surface area contributed by atoms with Gasteiger partial charge in [-0.3, -0.25) is 4.90 Å². The number of nitrogens with zero attached hydrogens (tertiary/aromatic N) is 7. The molecule has 1 aliphatic carbocycles. The van der Waals surface area contributed by atoms with E-state index in [1.54, 1.807) is 10.8 Å². The van der Waals surface area contributed by atoms with E-state index < -0.39 is 0 Å². The molecular weight excluding hydrogens is 340 g/mol. The monoisotopic (exact) mass is 362 g/mol. The first-order chi connectivity index (χ1) is 13.3. The van der Waals surface area contributed by atoms with Crippen molar-refractivity contribution >= 4 is 16.6 Å². The minimum Gasteiger partial charge on any atom is -0.346 e. The van der Waals surface area contributed by atoms with Crippen molar-refractivity contribution < 1.29 is 0 Å². The lowest BCUT2D eigenvalue weighted by atomic mass is 9.80. The normalized spacial score (nSPS) is 20.1. The third kappa shape index (κ3) is 3.49. The minimum atomic E-state index is 0.398.